The van der Waals surface area contributed by atoms with Crippen LogP contribution in [-0.4, -0.2) is 55.2 Å². The Morgan fingerprint density at radius 3 is 1.33 bits per heavy atom. The first-order valence-corrected chi connectivity index (χ1v) is 5.50. The largest absolute Gasteiger partial charge is 0.394 e. The molecule has 0 amide bonds. The van der Waals surface area contributed by atoms with Gasteiger partial charge in [0.05, 0.1) is 0 Å². The summed E-state index contributed by atoms with van der Waals surface area (Å²) < 4.78 is 31.6. The molecule has 0 bridgehead atoms. The molecule has 0 saturated carbocycles. The number of aliphatic hydroxyl groups is 1. The minimum atomic E-state index is -4.67. The van der Waals surface area contributed by atoms with Gasteiger partial charge in [-0.25, -0.2) is 4.84 Å². The molecule has 2 fully saturated rings. The van der Waals surface area contributed by atoms with Crippen molar-refractivity contribution < 1.29 is 27.5 Å². The molecule has 6 N–H and O–H groups in total. The van der Waals surface area contributed by atoms with Gasteiger partial charge in [-0.05, 0) is 0 Å². The molecule has 0 aromatic rings. The number of nitrogens with one attached hydrogen (secondary N) is 3. The quantitative estimate of drug-likeness (QED) is 0.198. The third kappa shape index (κ3) is 24.8. The van der Waals surface area contributed by atoms with Gasteiger partial charge in [-0.15, -0.1) is 5.48 Å². The SMILES string of the molecule is C1CNCCN1.O=S(=O)(O)O.OC1NO1. The zero-order valence-electron chi connectivity index (χ0n) is 7.88. The number of hydrogen-bond acceptors (Lipinski definition) is 7. The molecule has 10 heteroatoms. The van der Waals surface area contributed by atoms with Gasteiger partial charge >= 0.3 is 10.4 Å². The highest BCUT2D eigenvalue weighted by Crippen LogP contribution is 1.88. The second-order valence-corrected chi connectivity index (χ2v) is 3.43. The van der Waals surface area contributed by atoms with Crippen molar-refractivity contribution in [3.05, 3.63) is 0 Å². The van der Waals surface area contributed by atoms with E-state index in [0.29, 0.717) is 0 Å². The molecule has 92 valence electrons. The first-order chi connectivity index (χ1) is 6.89. The van der Waals surface area contributed by atoms with E-state index < -0.39 is 16.8 Å². The molecule has 0 radical (unpaired) electrons. The first-order valence-electron chi connectivity index (χ1n) is 4.10. The molecule has 2 aliphatic rings. The Labute approximate surface area is 87.3 Å². The van der Waals surface area contributed by atoms with Crippen LogP contribution in [0, 0.1) is 0 Å². The van der Waals surface area contributed by atoms with Crippen LogP contribution in [0.3, 0.4) is 0 Å². The van der Waals surface area contributed by atoms with Gasteiger partial charge in [0.1, 0.15) is 0 Å². The lowest BCUT2D eigenvalue weighted by Gasteiger charge is -2.11. The average molecular weight is 245 g/mol. The van der Waals surface area contributed by atoms with Gasteiger partial charge in [-0.2, -0.15) is 8.42 Å². The van der Waals surface area contributed by atoms with E-state index in [1.807, 2.05) is 0 Å². The minimum Gasteiger partial charge on any atom is -0.353 e. The Hall–Kier alpha value is -0.330. The zero-order chi connectivity index (χ0) is 11.7. The fraction of sp³-hybridized carbons (Fsp3) is 1.00. The predicted octanol–water partition coefficient (Wildman–Crippen LogP) is -2.68. The standard InChI is InChI=1S/C4H10N2.CH3NO2.H2O4S/c1-2-6-4-3-5-1;3-1-2-4-1;1-5(2,3)4/h5-6H,1-4H2;1-3H;(H2,1,2,3,4). The lowest BCUT2D eigenvalue weighted by atomic mass is 10.4. The summed E-state index contributed by atoms with van der Waals surface area (Å²) in [5.74, 6) is 0. The van der Waals surface area contributed by atoms with Gasteiger partial charge in [0, 0.05) is 26.2 Å². The van der Waals surface area contributed by atoms with Gasteiger partial charge in [-0.3, -0.25) is 9.11 Å². The summed E-state index contributed by atoms with van der Waals surface area (Å²) in [6, 6.07) is 0. The maximum atomic E-state index is 8.74. The highest BCUT2D eigenvalue weighted by Gasteiger charge is 2.15. The monoisotopic (exact) mass is 245 g/mol. The maximum Gasteiger partial charge on any atom is 0.394 e. The molecule has 15 heavy (non-hydrogen) atoms. The third-order valence-corrected chi connectivity index (χ3v) is 1.18. The van der Waals surface area contributed by atoms with E-state index in [1.54, 1.807) is 0 Å². The van der Waals surface area contributed by atoms with E-state index in [-0.39, 0.29) is 0 Å². The van der Waals surface area contributed by atoms with Crippen molar-refractivity contribution in [3.63, 3.8) is 0 Å². The summed E-state index contributed by atoms with van der Waals surface area (Å²) in [4.78, 5) is 4.01. The summed E-state index contributed by atoms with van der Waals surface area (Å²) in [7, 11) is -4.67. The van der Waals surface area contributed by atoms with E-state index in [4.69, 9.17) is 22.6 Å². The smallest absolute Gasteiger partial charge is 0.353 e. The van der Waals surface area contributed by atoms with Crippen LogP contribution in [0.5, 0.6) is 0 Å². The molecule has 9 nitrogen and oxygen atoms in total. The lowest BCUT2D eigenvalue weighted by Crippen LogP contribution is -2.39. The van der Waals surface area contributed by atoms with E-state index in [0.717, 1.165) is 26.2 Å². The second kappa shape index (κ2) is 7.90. The van der Waals surface area contributed by atoms with Crippen LogP contribution in [0.2, 0.25) is 0 Å². The molecule has 0 spiro atoms. The highest BCUT2D eigenvalue weighted by atomic mass is 32.3. The van der Waals surface area contributed by atoms with Gasteiger partial charge < -0.3 is 15.7 Å². The third-order valence-electron chi connectivity index (χ3n) is 1.18. The van der Waals surface area contributed by atoms with E-state index in [2.05, 4.69) is 21.0 Å². The van der Waals surface area contributed by atoms with Crippen molar-refractivity contribution in [3.8, 4) is 0 Å². The molecule has 2 rings (SSSR count). The van der Waals surface area contributed by atoms with Gasteiger partial charge in [0.2, 0.25) is 0 Å². The lowest BCUT2D eigenvalue weighted by molar-refractivity contribution is 0.156. The van der Waals surface area contributed by atoms with Crippen molar-refractivity contribution in [1.29, 1.82) is 0 Å². The van der Waals surface area contributed by atoms with Crippen LogP contribution in [0.25, 0.3) is 0 Å². The Balaban J connectivity index is 0.000000200. The number of aliphatic hydroxyl groups excluding tert-OH is 1. The van der Waals surface area contributed by atoms with Crippen molar-refractivity contribution >= 4 is 10.4 Å². The van der Waals surface area contributed by atoms with E-state index in [1.165, 1.54) is 0 Å². The predicted molar refractivity (Wildman–Crippen MR) is 50.1 cm³/mol. The van der Waals surface area contributed by atoms with Crippen molar-refractivity contribution in [2.75, 3.05) is 26.2 Å². The van der Waals surface area contributed by atoms with Crippen LogP contribution in [0.1, 0.15) is 0 Å². The number of hydroxylamine groups is 1. The maximum absolute atomic E-state index is 8.74. The van der Waals surface area contributed by atoms with E-state index >= 15 is 0 Å². The highest BCUT2D eigenvalue weighted by molar-refractivity contribution is 7.79. The zero-order valence-corrected chi connectivity index (χ0v) is 8.70. The number of piperazine rings is 1. The van der Waals surface area contributed by atoms with Crippen LogP contribution >= 0.6 is 0 Å². The molecule has 1 atom stereocenters. The van der Waals surface area contributed by atoms with Gasteiger partial charge in [0.25, 0.3) is 6.41 Å². The summed E-state index contributed by atoms with van der Waals surface area (Å²) in [6.45, 7) is 4.56. The van der Waals surface area contributed by atoms with E-state index in [9.17, 15) is 0 Å². The van der Waals surface area contributed by atoms with Crippen molar-refractivity contribution in [2.45, 2.75) is 6.41 Å². The Kier molecular flexibility index (Phi) is 7.72. The fourth-order valence-corrected chi connectivity index (χ4v) is 0.634. The Morgan fingerprint density at radius 1 is 1.07 bits per heavy atom. The summed E-state index contributed by atoms with van der Waals surface area (Å²) in [5.41, 5.74) is 2.15. The fourth-order valence-electron chi connectivity index (χ4n) is 0.634. The van der Waals surface area contributed by atoms with Crippen LogP contribution < -0.4 is 16.1 Å². The molecule has 2 heterocycles. The minimum absolute atomic E-state index is 0.667. The molecule has 0 aromatic heterocycles. The Bertz CT molecular complexity index is 218. The van der Waals surface area contributed by atoms with Crippen molar-refractivity contribution in [1.82, 2.24) is 16.1 Å². The molecule has 0 aliphatic carbocycles. The molecule has 2 aliphatic heterocycles. The van der Waals surface area contributed by atoms with Crippen LogP contribution in [-0.2, 0) is 15.2 Å². The van der Waals surface area contributed by atoms with Crippen molar-refractivity contribution in [2.24, 2.45) is 0 Å². The normalized spacial score (nSPS) is 24.1. The second-order valence-electron chi connectivity index (χ2n) is 2.54. The molecule has 0 aromatic carbocycles. The summed E-state index contributed by atoms with van der Waals surface area (Å²) in [6.07, 6.45) is -0.667. The number of hydrogen-bond donors (Lipinski definition) is 6. The Morgan fingerprint density at radius 2 is 1.27 bits per heavy atom. The van der Waals surface area contributed by atoms with Gasteiger partial charge in [-0.1, -0.05) is 0 Å². The first kappa shape index (κ1) is 14.7. The van der Waals surface area contributed by atoms with Crippen LogP contribution in [0.4, 0.5) is 0 Å². The average Bonchev–Trinajstić information content (AvgIpc) is 2.89. The summed E-state index contributed by atoms with van der Waals surface area (Å²) in [5, 5.41) is 14.3. The number of rotatable bonds is 0. The molecular weight excluding hydrogens is 230 g/mol. The van der Waals surface area contributed by atoms with Gasteiger partial charge in [0.15, 0.2) is 0 Å². The van der Waals surface area contributed by atoms with Crippen LogP contribution in [0.15, 0.2) is 0 Å². The molecular formula is C5H15N3O6S. The molecule has 2 saturated heterocycles. The topological polar surface area (TPSA) is 153 Å². The molecule has 1 unspecified atom stereocenters. The summed E-state index contributed by atoms with van der Waals surface area (Å²) >= 11 is 0.